The number of aryl methyl sites for hydroxylation is 2. The molecular formula is C40H38O8. The van der Waals surface area contributed by atoms with Crippen LogP contribution in [0.4, 0.5) is 0 Å². The van der Waals surface area contributed by atoms with E-state index in [0.717, 1.165) is 11.1 Å². The molecule has 5 aromatic carbocycles. The molecule has 246 valence electrons. The lowest BCUT2D eigenvalue weighted by Crippen LogP contribution is -2.34. The predicted molar refractivity (Wildman–Crippen MR) is 181 cm³/mol. The van der Waals surface area contributed by atoms with Crippen LogP contribution in [0.25, 0.3) is 0 Å². The number of hydrogen-bond acceptors (Lipinski definition) is 8. The van der Waals surface area contributed by atoms with Gasteiger partial charge < -0.3 is 38.6 Å². The highest BCUT2D eigenvalue weighted by atomic mass is 16.5. The van der Waals surface area contributed by atoms with Crippen molar-refractivity contribution in [2.24, 2.45) is 0 Å². The molecule has 0 spiro atoms. The lowest BCUT2D eigenvalue weighted by molar-refractivity contribution is -0.0120. The fraction of sp³-hybridized carbons (Fsp3) is 0.250. The fourth-order valence-corrected chi connectivity index (χ4v) is 6.87. The highest BCUT2D eigenvalue weighted by Gasteiger charge is 2.55. The van der Waals surface area contributed by atoms with Gasteiger partial charge in [0.1, 0.15) is 34.5 Å². The molecule has 0 radical (unpaired) electrons. The standard InChI is InChI=1S/C40H38O8/c1-23-7-11-27(12-8-23)39(41)33-21-34-36(22-35(33)47-37(39)25-15-29(43-3)19-30(16-25)44-4)48-38(26-17-31(45-5)20-32(18-26)46-6)40(34,42)28-13-9-24(2)10-14-28/h7-22,37-38,41-42H,1-6H3. The Balaban J connectivity index is 1.45. The van der Waals surface area contributed by atoms with Crippen molar-refractivity contribution in [3.8, 4) is 34.5 Å². The Hall–Kier alpha value is -5.18. The zero-order chi connectivity index (χ0) is 33.8. The molecule has 8 nitrogen and oxygen atoms in total. The van der Waals surface area contributed by atoms with Gasteiger partial charge in [-0.25, -0.2) is 0 Å². The van der Waals surface area contributed by atoms with Gasteiger partial charge >= 0.3 is 0 Å². The summed E-state index contributed by atoms with van der Waals surface area (Å²) in [5, 5.41) is 26.0. The number of benzene rings is 5. The van der Waals surface area contributed by atoms with E-state index >= 15 is 0 Å². The first-order valence-electron chi connectivity index (χ1n) is 15.7. The second kappa shape index (κ2) is 11.8. The van der Waals surface area contributed by atoms with Gasteiger partial charge in [0, 0.05) is 40.5 Å². The maximum Gasteiger partial charge on any atom is 0.161 e. The Bertz CT molecular complexity index is 1800. The minimum atomic E-state index is -1.67. The van der Waals surface area contributed by atoms with Gasteiger partial charge in [-0.1, -0.05) is 59.7 Å². The Morgan fingerprint density at radius 2 is 0.812 bits per heavy atom. The van der Waals surface area contributed by atoms with Crippen molar-refractivity contribution < 1.29 is 38.6 Å². The highest BCUT2D eigenvalue weighted by molar-refractivity contribution is 5.63. The van der Waals surface area contributed by atoms with Crippen LogP contribution in [-0.2, 0) is 11.2 Å². The average Bonchev–Trinajstić information content (AvgIpc) is 3.58. The van der Waals surface area contributed by atoms with Crippen LogP contribution in [0.2, 0.25) is 0 Å². The Morgan fingerprint density at radius 3 is 1.12 bits per heavy atom. The molecule has 5 aromatic rings. The van der Waals surface area contributed by atoms with Crippen LogP contribution >= 0.6 is 0 Å². The summed E-state index contributed by atoms with van der Waals surface area (Å²) in [5.41, 5.74) is 2.33. The van der Waals surface area contributed by atoms with Crippen molar-refractivity contribution in [2.75, 3.05) is 28.4 Å². The second-order valence-corrected chi connectivity index (χ2v) is 12.4. The minimum Gasteiger partial charge on any atom is -0.497 e. The molecule has 0 bridgehead atoms. The minimum absolute atomic E-state index is 0.429. The van der Waals surface area contributed by atoms with Crippen LogP contribution in [-0.4, -0.2) is 38.7 Å². The van der Waals surface area contributed by atoms with E-state index in [1.807, 2.05) is 92.7 Å². The average molecular weight is 647 g/mol. The third-order valence-electron chi connectivity index (χ3n) is 9.49. The Kier molecular flexibility index (Phi) is 7.73. The smallest absolute Gasteiger partial charge is 0.161 e. The molecule has 0 amide bonds. The van der Waals surface area contributed by atoms with Gasteiger partial charge in [-0.3, -0.25) is 0 Å². The topological polar surface area (TPSA) is 95.8 Å². The number of hydrogen-bond donors (Lipinski definition) is 2. The summed E-state index contributed by atoms with van der Waals surface area (Å²) in [6, 6.07) is 29.9. The first kappa shape index (κ1) is 31.4. The SMILES string of the molecule is COc1cc(OC)cc(C2Oc3cc4c(cc3C2(O)c2ccc(C)cc2)C(O)(c2ccc(C)cc2)C(c2cc(OC)cc(OC)c2)O4)c1. The molecule has 4 atom stereocenters. The van der Waals surface area contributed by atoms with Crippen molar-refractivity contribution in [3.05, 3.63) is 142 Å². The molecule has 8 heteroatoms. The summed E-state index contributed by atoms with van der Waals surface area (Å²) in [7, 11) is 6.32. The van der Waals surface area contributed by atoms with Gasteiger partial charge in [-0.05, 0) is 55.3 Å². The zero-order valence-electron chi connectivity index (χ0n) is 27.7. The van der Waals surface area contributed by atoms with Gasteiger partial charge in [0.15, 0.2) is 23.4 Å². The van der Waals surface area contributed by atoms with Crippen LogP contribution in [0, 0.1) is 13.8 Å². The van der Waals surface area contributed by atoms with E-state index in [0.29, 0.717) is 67.9 Å². The molecule has 2 aliphatic heterocycles. The molecule has 0 saturated carbocycles. The quantitative estimate of drug-likeness (QED) is 0.185. The third kappa shape index (κ3) is 4.91. The van der Waals surface area contributed by atoms with Crippen molar-refractivity contribution in [1.29, 1.82) is 0 Å². The van der Waals surface area contributed by atoms with Gasteiger partial charge in [-0.15, -0.1) is 0 Å². The molecule has 7 rings (SSSR count). The molecule has 4 unspecified atom stereocenters. The molecule has 0 aromatic heterocycles. The molecule has 2 N–H and O–H groups in total. The number of fused-ring (bicyclic) bond motifs is 2. The second-order valence-electron chi connectivity index (χ2n) is 12.4. The van der Waals surface area contributed by atoms with E-state index in [-0.39, 0.29) is 0 Å². The van der Waals surface area contributed by atoms with E-state index in [4.69, 9.17) is 28.4 Å². The van der Waals surface area contributed by atoms with Crippen molar-refractivity contribution in [2.45, 2.75) is 37.3 Å². The number of aliphatic hydroxyl groups is 2. The third-order valence-corrected chi connectivity index (χ3v) is 9.49. The van der Waals surface area contributed by atoms with Crippen molar-refractivity contribution in [3.63, 3.8) is 0 Å². The summed E-state index contributed by atoms with van der Waals surface area (Å²) in [5.74, 6) is 3.10. The molecule has 2 aliphatic rings. The maximum atomic E-state index is 13.0. The summed E-state index contributed by atoms with van der Waals surface area (Å²) >= 11 is 0. The Morgan fingerprint density at radius 1 is 0.479 bits per heavy atom. The monoisotopic (exact) mass is 646 g/mol. The number of rotatable bonds is 8. The molecule has 0 aliphatic carbocycles. The van der Waals surface area contributed by atoms with Gasteiger partial charge in [0.2, 0.25) is 0 Å². The predicted octanol–water partition coefficient (Wildman–Crippen LogP) is 7.08. The van der Waals surface area contributed by atoms with E-state index in [9.17, 15) is 10.2 Å². The van der Waals surface area contributed by atoms with Gasteiger partial charge in [0.25, 0.3) is 0 Å². The lowest BCUT2D eigenvalue weighted by Gasteiger charge is -2.32. The van der Waals surface area contributed by atoms with Crippen molar-refractivity contribution in [1.82, 2.24) is 0 Å². The van der Waals surface area contributed by atoms with Crippen LogP contribution < -0.4 is 28.4 Å². The molecule has 48 heavy (non-hydrogen) atoms. The van der Waals surface area contributed by atoms with E-state index in [2.05, 4.69) is 0 Å². The summed E-state index contributed by atoms with van der Waals surface area (Å²) < 4.78 is 35.6. The normalized spacial score (nSPS) is 22.2. The number of ether oxygens (including phenoxy) is 6. The van der Waals surface area contributed by atoms with E-state index in [1.165, 1.54) is 0 Å². The molecule has 0 fully saturated rings. The first-order chi connectivity index (χ1) is 23.1. The number of methoxy groups -OCH3 is 4. The highest BCUT2D eigenvalue weighted by Crippen LogP contribution is 2.60. The van der Waals surface area contributed by atoms with Crippen LogP contribution in [0.1, 0.15) is 56.7 Å². The molecule has 2 heterocycles. The largest absolute Gasteiger partial charge is 0.497 e. The van der Waals surface area contributed by atoms with Crippen LogP contribution in [0.15, 0.2) is 97.1 Å². The van der Waals surface area contributed by atoms with Crippen molar-refractivity contribution >= 4 is 0 Å². The van der Waals surface area contributed by atoms with Gasteiger partial charge in [-0.2, -0.15) is 0 Å². The van der Waals surface area contributed by atoms with Gasteiger partial charge in [0.05, 0.1) is 28.4 Å². The lowest BCUT2D eigenvalue weighted by atomic mass is 9.76. The zero-order valence-corrected chi connectivity index (χ0v) is 27.7. The maximum absolute atomic E-state index is 13.0. The van der Waals surface area contributed by atoms with E-state index < -0.39 is 23.4 Å². The Labute approximate surface area is 280 Å². The molecule has 0 saturated heterocycles. The van der Waals surface area contributed by atoms with Crippen LogP contribution in [0.5, 0.6) is 34.5 Å². The summed E-state index contributed by atoms with van der Waals surface area (Å²) in [6.07, 6.45) is -1.76. The first-order valence-corrected chi connectivity index (χ1v) is 15.7. The summed E-state index contributed by atoms with van der Waals surface area (Å²) in [4.78, 5) is 0. The summed E-state index contributed by atoms with van der Waals surface area (Å²) in [6.45, 7) is 3.99. The van der Waals surface area contributed by atoms with Crippen LogP contribution in [0.3, 0.4) is 0 Å². The molecular weight excluding hydrogens is 608 g/mol. The van der Waals surface area contributed by atoms with E-state index in [1.54, 1.807) is 46.6 Å². The fourth-order valence-electron chi connectivity index (χ4n) is 6.87.